The van der Waals surface area contributed by atoms with E-state index in [0.29, 0.717) is 45.9 Å². The number of amides is 1. The van der Waals surface area contributed by atoms with E-state index in [2.05, 4.69) is 21.2 Å². The van der Waals surface area contributed by atoms with Crippen LogP contribution in [0, 0.1) is 0 Å². The molecule has 0 spiro atoms. The third-order valence-corrected chi connectivity index (χ3v) is 10.4. The van der Waals surface area contributed by atoms with E-state index in [1.807, 2.05) is 30.3 Å². The molecule has 0 unspecified atom stereocenters. The molecule has 0 saturated heterocycles. The Bertz CT molecular complexity index is 1870. The molecule has 4 aromatic carbocycles. The highest BCUT2D eigenvalue weighted by molar-refractivity contribution is 9.10. The molecule has 0 aliphatic carbocycles. The molecule has 0 radical (unpaired) electrons. The van der Waals surface area contributed by atoms with Gasteiger partial charge in [-0.1, -0.05) is 58.4 Å². The third kappa shape index (κ3) is 7.14. The summed E-state index contributed by atoms with van der Waals surface area (Å²) in [6, 6.07) is 28.0. The summed E-state index contributed by atoms with van der Waals surface area (Å²) in [4.78, 5) is 19.6. The van der Waals surface area contributed by atoms with Gasteiger partial charge in [0, 0.05) is 41.6 Å². The van der Waals surface area contributed by atoms with E-state index >= 15 is 0 Å². The molecule has 244 valence electrons. The van der Waals surface area contributed by atoms with Gasteiger partial charge in [-0.2, -0.15) is 0 Å². The second kappa shape index (κ2) is 14.2. The molecule has 0 aromatic heterocycles. The molecule has 0 saturated carbocycles. The van der Waals surface area contributed by atoms with Crippen LogP contribution in [-0.2, 0) is 25.9 Å². The fourth-order valence-electron chi connectivity index (χ4n) is 5.46. The second-order valence-corrected chi connectivity index (χ2v) is 14.0. The topological polar surface area (TPSA) is 133 Å². The Morgan fingerprint density at radius 3 is 2.49 bits per heavy atom. The molecule has 0 fully saturated rings. The van der Waals surface area contributed by atoms with Crippen molar-refractivity contribution >= 4 is 37.6 Å². The molecule has 2 atom stereocenters. The largest absolute Gasteiger partial charge is 0.494 e. The van der Waals surface area contributed by atoms with Crippen molar-refractivity contribution in [1.29, 1.82) is 0 Å². The molecule has 2 aliphatic rings. The molecule has 10 nitrogen and oxygen atoms in total. The average molecular weight is 722 g/mol. The zero-order chi connectivity index (χ0) is 32.9. The monoisotopic (exact) mass is 720 g/mol. The number of hydrogen-bond donors (Lipinski definition) is 2. The van der Waals surface area contributed by atoms with Crippen LogP contribution in [0.3, 0.4) is 0 Å². The lowest BCUT2D eigenvalue weighted by Crippen LogP contribution is -2.49. The Hall–Kier alpha value is -4.39. The van der Waals surface area contributed by atoms with Crippen LogP contribution in [0.5, 0.6) is 17.2 Å². The van der Waals surface area contributed by atoms with Crippen LogP contribution in [-0.4, -0.2) is 56.6 Å². The molecule has 2 heterocycles. The van der Waals surface area contributed by atoms with Crippen molar-refractivity contribution < 1.29 is 37.3 Å². The van der Waals surface area contributed by atoms with Gasteiger partial charge in [0.1, 0.15) is 5.75 Å². The number of hydrogen-bond acceptors (Lipinski definition) is 9. The van der Waals surface area contributed by atoms with Gasteiger partial charge in [-0.05, 0) is 60.2 Å². The Kier molecular flexibility index (Phi) is 9.81. The van der Waals surface area contributed by atoms with Gasteiger partial charge in [0.15, 0.2) is 33.0 Å². The lowest BCUT2D eigenvalue weighted by atomic mass is 9.85. The lowest BCUT2D eigenvalue weighted by Gasteiger charge is -2.31. The minimum atomic E-state index is -3.79. The highest BCUT2D eigenvalue weighted by Gasteiger charge is 2.54. The van der Waals surface area contributed by atoms with E-state index < -0.39 is 27.4 Å². The molecular weight excluding hydrogens is 688 g/mol. The first-order valence-corrected chi connectivity index (χ1v) is 17.5. The van der Waals surface area contributed by atoms with Gasteiger partial charge in [0.25, 0.3) is 5.91 Å². The Labute approximate surface area is 281 Å². The average Bonchev–Trinajstić information content (AvgIpc) is 3.73. The number of fused-ring (bicyclic) bond motifs is 1. The standard InChI is InChI=1S/C35H33BrN2O8S/c36-29-10-5-4-9-28(29)32-35(17-20-47(41,42)27-7-2-1-3-8-27,34(40)37-22-24-11-16-30-31(21-24)45-23-44-30)38-33(46-32)25-12-14-26(15-13-25)43-19-6-18-39/h1-5,7-16,21,32,39H,6,17-20,22-23H2,(H,37,40)/t32-,35-/m1/s1. The SMILES string of the molecule is O=C(NCc1ccc2c(c1)OCO2)[C@]1(CCS(=O)(=O)c2ccccc2)N=C(c2ccc(OCCCO)cc2)O[C@@H]1c1ccccc1Br. The predicted octanol–water partition coefficient (Wildman–Crippen LogP) is 5.38. The maximum absolute atomic E-state index is 14.5. The summed E-state index contributed by atoms with van der Waals surface area (Å²) < 4.78 is 50.9. The summed E-state index contributed by atoms with van der Waals surface area (Å²) >= 11 is 3.61. The molecule has 12 heteroatoms. The number of carbonyl (C=O) groups is 1. The van der Waals surface area contributed by atoms with Gasteiger partial charge in [0.05, 0.1) is 17.3 Å². The number of sulfone groups is 1. The first-order chi connectivity index (χ1) is 22.8. The number of benzene rings is 4. The number of halogens is 1. The van der Waals surface area contributed by atoms with Crippen molar-refractivity contribution in [3.8, 4) is 17.2 Å². The number of rotatable bonds is 13. The molecule has 47 heavy (non-hydrogen) atoms. The Balaban J connectivity index is 1.38. The van der Waals surface area contributed by atoms with Gasteiger partial charge in [-0.25, -0.2) is 13.4 Å². The quantitative estimate of drug-likeness (QED) is 0.176. The van der Waals surface area contributed by atoms with E-state index in [9.17, 15) is 13.2 Å². The van der Waals surface area contributed by atoms with Gasteiger partial charge >= 0.3 is 0 Å². The molecule has 0 bridgehead atoms. The summed E-state index contributed by atoms with van der Waals surface area (Å²) in [7, 11) is -3.79. The number of aliphatic hydroxyl groups excluding tert-OH is 1. The summed E-state index contributed by atoms with van der Waals surface area (Å²) in [5.41, 5.74) is 0.346. The Morgan fingerprint density at radius 1 is 0.979 bits per heavy atom. The van der Waals surface area contributed by atoms with Crippen LogP contribution < -0.4 is 19.5 Å². The highest BCUT2D eigenvalue weighted by Crippen LogP contribution is 2.45. The maximum Gasteiger partial charge on any atom is 0.252 e. The normalized spacial score (nSPS) is 18.3. The van der Waals surface area contributed by atoms with E-state index in [0.717, 1.165) is 5.56 Å². The van der Waals surface area contributed by atoms with E-state index in [1.165, 1.54) is 12.1 Å². The van der Waals surface area contributed by atoms with Crippen molar-refractivity contribution in [1.82, 2.24) is 5.32 Å². The summed E-state index contributed by atoms with van der Waals surface area (Å²) in [6.45, 7) is 0.649. The number of aliphatic imine (C=N–C) groups is 1. The molecule has 6 rings (SSSR count). The van der Waals surface area contributed by atoms with Gasteiger partial charge in [-0.3, -0.25) is 4.79 Å². The zero-order valence-corrected chi connectivity index (χ0v) is 27.7. The minimum absolute atomic E-state index is 0.0258. The van der Waals surface area contributed by atoms with Crippen molar-refractivity contribution in [2.24, 2.45) is 4.99 Å². The van der Waals surface area contributed by atoms with E-state index in [1.54, 1.807) is 54.6 Å². The fraction of sp³-hybridized carbons (Fsp3) is 0.257. The Morgan fingerprint density at radius 2 is 1.72 bits per heavy atom. The number of nitrogens with zero attached hydrogens (tertiary/aromatic N) is 1. The highest BCUT2D eigenvalue weighted by atomic mass is 79.9. The number of aliphatic hydroxyl groups is 1. The van der Waals surface area contributed by atoms with E-state index in [-0.39, 0.29) is 42.9 Å². The number of carbonyl (C=O) groups excluding carboxylic acids is 1. The maximum atomic E-state index is 14.5. The first-order valence-electron chi connectivity index (χ1n) is 15.1. The van der Waals surface area contributed by atoms with Gasteiger partial charge in [0.2, 0.25) is 12.7 Å². The molecule has 2 aliphatic heterocycles. The second-order valence-electron chi connectivity index (χ2n) is 11.1. The molecule has 4 aromatic rings. The molecule has 2 N–H and O–H groups in total. The van der Waals surface area contributed by atoms with Crippen LogP contribution in [0.2, 0.25) is 0 Å². The summed E-state index contributed by atoms with van der Waals surface area (Å²) in [6.07, 6.45) is -0.618. The van der Waals surface area contributed by atoms with Crippen LogP contribution in [0.15, 0.2) is 111 Å². The predicted molar refractivity (Wildman–Crippen MR) is 178 cm³/mol. The van der Waals surface area contributed by atoms with Gasteiger partial charge < -0.3 is 29.4 Å². The van der Waals surface area contributed by atoms with Crippen molar-refractivity contribution in [3.63, 3.8) is 0 Å². The third-order valence-electron chi connectivity index (χ3n) is 7.96. The smallest absolute Gasteiger partial charge is 0.252 e. The van der Waals surface area contributed by atoms with E-state index in [4.69, 9.17) is 29.0 Å². The zero-order valence-electron chi connectivity index (χ0n) is 25.3. The number of nitrogens with one attached hydrogen (secondary N) is 1. The van der Waals surface area contributed by atoms with Crippen molar-refractivity contribution in [2.75, 3.05) is 25.8 Å². The number of ether oxygens (including phenoxy) is 4. The lowest BCUT2D eigenvalue weighted by molar-refractivity contribution is -0.129. The summed E-state index contributed by atoms with van der Waals surface area (Å²) in [5, 5.41) is 12.1. The van der Waals surface area contributed by atoms with Crippen LogP contribution in [0.4, 0.5) is 0 Å². The molecule has 1 amide bonds. The first kappa shape index (κ1) is 32.5. The van der Waals surface area contributed by atoms with Crippen LogP contribution in [0.25, 0.3) is 0 Å². The molecular formula is C35H33BrN2O8S. The van der Waals surface area contributed by atoms with Crippen LogP contribution >= 0.6 is 15.9 Å². The minimum Gasteiger partial charge on any atom is -0.494 e. The van der Waals surface area contributed by atoms with Gasteiger partial charge in [-0.15, -0.1) is 0 Å². The van der Waals surface area contributed by atoms with Crippen molar-refractivity contribution in [2.45, 2.75) is 35.9 Å². The fourth-order valence-corrected chi connectivity index (χ4v) is 7.34. The van der Waals surface area contributed by atoms with Crippen LogP contribution in [0.1, 0.15) is 35.6 Å². The summed E-state index contributed by atoms with van der Waals surface area (Å²) in [5.74, 6) is 1.17. The van der Waals surface area contributed by atoms with Crippen molar-refractivity contribution in [3.05, 3.63) is 118 Å².